The molecule has 0 amide bonds. The smallest absolute Gasteiger partial charge is 0.00474 e. The van der Waals surface area contributed by atoms with Crippen LogP contribution < -0.4 is 0 Å². The molecule has 1 aliphatic carbocycles. The minimum Gasteiger partial charge on any atom is -0.304 e. The van der Waals surface area contributed by atoms with Crippen LogP contribution in [0.1, 0.15) is 38.8 Å². The number of allylic oxidation sites excluding steroid dienone is 1. The summed E-state index contributed by atoms with van der Waals surface area (Å²) < 4.78 is 0. The maximum atomic E-state index is 2.38. The molecule has 17 heavy (non-hydrogen) atoms. The molecule has 0 bridgehead atoms. The van der Waals surface area contributed by atoms with Gasteiger partial charge in [0.2, 0.25) is 0 Å². The van der Waals surface area contributed by atoms with Crippen molar-refractivity contribution >= 4 is 6.08 Å². The quantitative estimate of drug-likeness (QED) is 0.760. The molecule has 1 aliphatic rings. The molecule has 1 nitrogen and oxygen atoms in total. The van der Waals surface area contributed by atoms with Crippen molar-refractivity contribution in [1.29, 1.82) is 0 Å². The third kappa shape index (κ3) is 4.35. The first-order chi connectivity index (χ1) is 8.21. The molecule has 0 unspecified atom stereocenters. The van der Waals surface area contributed by atoms with Crippen LogP contribution in [0.15, 0.2) is 29.8 Å². The summed E-state index contributed by atoms with van der Waals surface area (Å²) in [6.45, 7) is 12.3. The van der Waals surface area contributed by atoms with Crippen LogP contribution >= 0.6 is 0 Å². The zero-order chi connectivity index (χ0) is 12.7. The van der Waals surface area contributed by atoms with Crippen LogP contribution in [0, 0.1) is 0 Å². The first-order valence-corrected chi connectivity index (χ1v) is 6.68. The Morgan fingerprint density at radius 1 is 1.00 bits per heavy atom. The van der Waals surface area contributed by atoms with Crippen molar-refractivity contribution in [2.75, 3.05) is 19.6 Å². The average Bonchev–Trinajstić information content (AvgIpc) is 2.72. The monoisotopic (exact) mass is 231 g/mol. The second-order valence-corrected chi connectivity index (χ2v) is 4.49. The minimum atomic E-state index is 1.15. The Kier molecular flexibility index (Phi) is 5.99. The van der Waals surface area contributed by atoms with Gasteiger partial charge in [0.05, 0.1) is 0 Å². The molecule has 2 rings (SSSR count). The van der Waals surface area contributed by atoms with E-state index in [1.165, 1.54) is 36.3 Å². The van der Waals surface area contributed by atoms with E-state index in [-0.39, 0.29) is 0 Å². The maximum Gasteiger partial charge on any atom is -0.00474 e. The lowest BCUT2D eigenvalue weighted by atomic mass is 10.1. The highest BCUT2D eigenvalue weighted by molar-refractivity contribution is 5.62. The van der Waals surface area contributed by atoms with E-state index in [2.05, 4.69) is 62.9 Å². The molecular formula is C16H25N. The lowest BCUT2D eigenvalue weighted by molar-refractivity contribution is 0.321. The van der Waals surface area contributed by atoms with Gasteiger partial charge in [-0.15, -0.1) is 0 Å². The van der Waals surface area contributed by atoms with E-state index in [4.69, 9.17) is 0 Å². The summed E-state index contributed by atoms with van der Waals surface area (Å²) in [5, 5.41) is 0. The van der Waals surface area contributed by atoms with Gasteiger partial charge in [-0.25, -0.2) is 0 Å². The van der Waals surface area contributed by atoms with Crippen molar-refractivity contribution in [1.82, 2.24) is 4.90 Å². The van der Waals surface area contributed by atoms with E-state index in [0.29, 0.717) is 0 Å². The Morgan fingerprint density at radius 3 is 2.06 bits per heavy atom. The van der Waals surface area contributed by atoms with Gasteiger partial charge < -0.3 is 4.90 Å². The first-order valence-electron chi connectivity index (χ1n) is 6.68. The molecule has 0 saturated heterocycles. The van der Waals surface area contributed by atoms with Crippen LogP contribution in [0.4, 0.5) is 0 Å². The first kappa shape index (κ1) is 14.0. The van der Waals surface area contributed by atoms with Gasteiger partial charge >= 0.3 is 0 Å². The van der Waals surface area contributed by atoms with E-state index in [9.17, 15) is 0 Å². The Labute approximate surface area is 106 Å². The number of benzene rings is 1. The summed E-state index contributed by atoms with van der Waals surface area (Å²) in [4.78, 5) is 2.38. The van der Waals surface area contributed by atoms with Crippen molar-refractivity contribution in [2.45, 2.75) is 34.1 Å². The van der Waals surface area contributed by atoms with Gasteiger partial charge in [0.1, 0.15) is 0 Å². The van der Waals surface area contributed by atoms with Crippen LogP contribution in [0.2, 0.25) is 0 Å². The van der Waals surface area contributed by atoms with Crippen molar-refractivity contribution < 1.29 is 0 Å². The summed E-state index contributed by atoms with van der Waals surface area (Å²) in [7, 11) is 0. The SMILES string of the molecule is CC1=Cc2ccccc2C1.CCN(CC)CC. The lowest BCUT2D eigenvalue weighted by Crippen LogP contribution is -2.21. The Morgan fingerprint density at radius 2 is 1.59 bits per heavy atom. The molecule has 0 N–H and O–H groups in total. The van der Waals surface area contributed by atoms with E-state index < -0.39 is 0 Å². The molecule has 0 aliphatic heterocycles. The number of fused-ring (bicyclic) bond motifs is 1. The number of hydrogen-bond donors (Lipinski definition) is 0. The van der Waals surface area contributed by atoms with Crippen LogP contribution in [0.25, 0.3) is 6.08 Å². The number of nitrogens with zero attached hydrogens (tertiary/aromatic N) is 1. The molecule has 1 aromatic rings. The Hall–Kier alpha value is -1.08. The van der Waals surface area contributed by atoms with Crippen LogP contribution in [0.5, 0.6) is 0 Å². The molecule has 1 aromatic carbocycles. The second-order valence-electron chi connectivity index (χ2n) is 4.49. The summed E-state index contributed by atoms with van der Waals surface area (Å²) >= 11 is 0. The predicted molar refractivity (Wildman–Crippen MR) is 77.3 cm³/mol. The van der Waals surface area contributed by atoms with Crippen molar-refractivity contribution in [2.24, 2.45) is 0 Å². The normalized spacial score (nSPS) is 12.9. The zero-order valence-corrected chi connectivity index (χ0v) is 11.7. The molecule has 0 fully saturated rings. The van der Waals surface area contributed by atoms with E-state index in [1.807, 2.05) is 0 Å². The highest BCUT2D eigenvalue weighted by atomic mass is 15.1. The fourth-order valence-electron chi connectivity index (χ4n) is 2.12. The van der Waals surface area contributed by atoms with Gasteiger partial charge in [0.25, 0.3) is 0 Å². The van der Waals surface area contributed by atoms with Crippen molar-refractivity contribution in [3.8, 4) is 0 Å². The third-order valence-electron chi connectivity index (χ3n) is 3.27. The van der Waals surface area contributed by atoms with E-state index >= 15 is 0 Å². The third-order valence-corrected chi connectivity index (χ3v) is 3.27. The van der Waals surface area contributed by atoms with Crippen molar-refractivity contribution in [3.05, 3.63) is 41.0 Å². The van der Waals surface area contributed by atoms with Gasteiger partial charge in [-0.05, 0) is 44.1 Å². The van der Waals surface area contributed by atoms with Crippen LogP contribution in [0.3, 0.4) is 0 Å². The minimum absolute atomic E-state index is 1.15. The molecule has 94 valence electrons. The van der Waals surface area contributed by atoms with Crippen molar-refractivity contribution in [3.63, 3.8) is 0 Å². The summed E-state index contributed by atoms with van der Waals surface area (Å²) in [5.41, 5.74) is 4.35. The fourth-order valence-corrected chi connectivity index (χ4v) is 2.12. The molecule has 0 aromatic heterocycles. The molecule has 0 heterocycles. The van der Waals surface area contributed by atoms with Crippen LogP contribution in [-0.4, -0.2) is 24.5 Å². The van der Waals surface area contributed by atoms with Gasteiger partial charge in [0.15, 0.2) is 0 Å². The molecule has 0 radical (unpaired) electrons. The Balaban J connectivity index is 0.000000185. The second kappa shape index (κ2) is 7.29. The van der Waals surface area contributed by atoms with E-state index in [0.717, 1.165) is 6.42 Å². The Bertz CT molecular complexity index is 356. The largest absolute Gasteiger partial charge is 0.304 e. The average molecular weight is 231 g/mol. The molecule has 1 heteroatoms. The highest BCUT2D eigenvalue weighted by Gasteiger charge is 2.06. The number of rotatable bonds is 3. The topological polar surface area (TPSA) is 3.24 Å². The number of hydrogen-bond acceptors (Lipinski definition) is 1. The molecular weight excluding hydrogens is 206 g/mol. The zero-order valence-electron chi connectivity index (χ0n) is 11.7. The van der Waals surface area contributed by atoms with Gasteiger partial charge in [-0.1, -0.05) is 56.7 Å². The lowest BCUT2D eigenvalue weighted by Gasteiger charge is -2.13. The summed E-state index contributed by atoms with van der Waals surface area (Å²) in [6.07, 6.45) is 3.41. The predicted octanol–water partition coefficient (Wildman–Crippen LogP) is 3.99. The summed E-state index contributed by atoms with van der Waals surface area (Å²) in [6, 6.07) is 8.56. The fraction of sp³-hybridized carbons (Fsp3) is 0.500. The standard InChI is InChI=1S/C10H10.C6H15N/c1-8-6-9-4-2-3-5-10(9)7-8;1-4-7(5-2)6-3/h2-6H,7H2,1H3;4-6H2,1-3H3. The van der Waals surface area contributed by atoms with Crippen LogP contribution in [-0.2, 0) is 6.42 Å². The van der Waals surface area contributed by atoms with Gasteiger partial charge in [-0.2, -0.15) is 0 Å². The highest BCUT2D eigenvalue weighted by Crippen LogP contribution is 2.23. The molecule has 0 atom stereocenters. The van der Waals surface area contributed by atoms with E-state index in [1.54, 1.807) is 0 Å². The summed E-state index contributed by atoms with van der Waals surface area (Å²) in [5.74, 6) is 0. The molecule has 0 spiro atoms. The van der Waals surface area contributed by atoms with Gasteiger partial charge in [-0.3, -0.25) is 0 Å². The van der Waals surface area contributed by atoms with Gasteiger partial charge in [0, 0.05) is 0 Å². The maximum absolute atomic E-state index is 2.38. The molecule has 0 saturated carbocycles.